The third-order valence-corrected chi connectivity index (χ3v) is 17.1. The molecular formula is C81H49F5N6. The highest BCUT2D eigenvalue weighted by atomic mass is 19.4. The Hall–Kier alpha value is -12.0. The Labute approximate surface area is 525 Å². The Balaban J connectivity index is 0.990. The van der Waals surface area contributed by atoms with Gasteiger partial charge in [-0.2, -0.15) is 13.2 Å². The molecule has 10 aromatic carbocycles. The average molecular weight is 1200 g/mol. The fourth-order valence-corrected chi connectivity index (χ4v) is 12.8. The lowest BCUT2D eigenvalue weighted by atomic mass is 9.96. The van der Waals surface area contributed by atoms with Gasteiger partial charge in [0.2, 0.25) is 0 Å². The van der Waals surface area contributed by atoms with E-state index in [1.807, 2.05) is 264 Å². The van der Waals surface area contributed by atoms with Gasteiger partial charge < -0.3 is 9.13 Å². The molecule has 0 N–H and O–H groups in total. The third-order valence-electron chi connectivity index (χ3n) is 17.1. The van der Waals surface area contributed by atoms with Crippen LogP contribution in [-0.4, -0.2) is 29.1 Å². The second-order valence-corrected chi connectivity index (χ2v) is 22.7. The first-order chi connectivity index (χ1) is 45.1. The molecule has 0 saturated carbocycles. The van der Waals surface area contributed by atoms with Gasteiger partial charge in [-0.05, 0) is 121 Å². The number of alkyl halides is 3. The van der Waals surface area contributed by atoms with Crippen LogP contribution in [0.1, 0.15) is 5.56 Å². The monoisotopic (exact) mass is 1200 g/mol. The first-order valence-electron chi connectivity index (χ1n) is 30.0. The van der Waals surface area contributed by atoms with E-state index in [0.717, 1.165) is 102 Å². The zero-order valence-electron chi connectivity index (χ0n) is 48.9. The van der Waals surface area contributed by atoms with E-state index in [1.54, 1.807) is 0 Å². The van der Waals surface area contributed by atoms with Crippen molar-refractivity contribution < 1.29 is 22.0 Å². The maximum Gasteiger partial charge on any atom is 0.417 e. The fraction of sp³-hybridized carbons (Fsp3) is 0.0123. The lowest BCUT2D eigenvalue weighted by molar-refractivity contribution is -0.137. The molecule has 16 aromatic rings. The minimum atomic E-state index is -5.12. The van der Waals surface area contributed by atoms with Gasteiger partial charge in [0.05, 0.1) is 90.1 Å². The summed E-state index contributed by atoms with van der Waals surface area (Å²) >= 11 is 0. The first kappa shape index (κ1) is 55.4. The molecule has 0 saturated heterocycles. The number of nitrogens with zero attached hydrogens (tertiary/aromatic N) is 6. The molecule has 438 valence electrons. The number of aromatic nitrogens is 6. The van der Waals surface area contributed by atoms with Crippen LogP contribution in [0.3, 0.4) is 0 Å². The van der Waals surface area contributed by atoms with Crippen LogP contribution in [0.25, 0.3) is 156 Å². The van der Waals surface area contributed by atoms with Crippen molar-refractivity contribution in [3.63, 3.8) is 0 Å². The molecular weight excluding hydrogens is 1150 g/mol. The number of rotatable bonds is 11. The minimum Gasteiger partial charge on any atom is -0.307 e. The first-order valence-corrected chi connectivity index (χ1v) is 30.0. The van der Waals surface area contributed by atoms with Crippen molar-refractivity contribution >= 4 is 43.6 Å². The average Bonchev–Trinajstić information content (AvgIpc) is 1.52. The van der Waals surface area contributed by atoms with Gasteiger partial charge in [-0.3, -0.25) is 0 Å². The summed E-state index contributed by atoms with van der Waals surface area (Å²) < 4.78 is 86.0. The second kappa shape index (κ2) is 22.6. The van der Waals surface area contributed by atoms with Gasteiger partial charge in [-0.1, -0.05) is 176 Å². The summed E-state index contributed by atoms with van der Waals surface area (Å²) in [6.07, 6.45) is -5.12. The summed E-state index contributed by atoms with van der Waals surface area (Å²) in [6.45, 7) is 0. The van der Waals surface area contributed by atoms with Crippen molar-refractivity contribution in [1.29, 1.82) is 0 Å². The highest BCUT2D eigenvalue weighted by molar-refractivity contribution is 6.14. The summed E-state index contributed by atoms with van der Waals surface area (Å²) in [5.41, 5.74) is 12.7. The molecule has 11 heteroatoms. The molecule has 92 heavy (non-hydrogen) atoms. The maximum absolute atomic E-state index is 16.5. The van der Waals surface area contributed by atoms with E-state index in [4.69, 9.17) is 19.9 Å². The van der Waals surface area contributed by atoms with Crippen molar-refractivity contribution in [2.45, 2.75) is 6.18 Å². The predicted molar refractivity (Wildman–Crippen MR) is 360 cm³/mol. The molecule has 0 aliphatic rings. The Bertz CT molecular complexity index is 5230. The molecule has 0 amide bonds. The number of fused-ring (bicyclic) bond motifs is 6. The lowest BCUT2D eigenvalue weighted by Crippen LogP contribution is -2.13. The van der Waals surface area contributed by atoms with Crippen LogP contribution in [-0.2, 0) is 6.18 Å². The topological polar surface area (TPSA) is 61.4 Å². The molecule has 0 radical (unpaired) electrons. The van der Waals surface area contributed by atoms with Crippen LogP contribution in [0.2, 0.25) is 0 Å². The van der Waals surface area contributed by atoms with E-state index in [2.05, 4.69) is 12.1 Å². The quantitative estimate of drug-likeness (QED) is 0.121. The van der Waals surface area contributed by atoms with Crippen LogP contribution in [0, 0.1) is 11.6 Å². The zero-order valence-corrected chi connectivity index (χ0v) is 48.9. The van der Waals surface area contributed by atoms with E-state index in [-0.39, 0.29) is 11.4 Å². The van der Waals surface area contributed by atoms with Gasteiger partial charge in [0.1, 0.15) is 11.6 Å². The van der Waals surface area contributed by atoms with Crippen molar-refractivity contribution in [2.75, 3.05) is 0 Å². The molecule has 0 aliphatic carbocycles. The molecule has 6 heterocycles. The third kappa shape index (κ3) is 9.93. The van der Waals surface area contributed by atoms with E-state index in [9.17, 15) is 0 Å². The molecule has 0 fully saturated rings. The summed E-state index contributed by atoms with van der Waals surface area (Å²) in [5, 5.41) is 2.89. The van der Waals surface area contributed by atoms with E-state index in [0.29, 0.717) is 55.6 Å². The van der Waals surface area contributed by atoms with Crippen molar-refractivity contribution in [2.24, 2.45) is 0 Å². The molecule has 6 aromatic heterocycles. The summed E-state index contributed by atoms with van der Waals surface area (Å²) in [6, 6.07) is 92.2. The van der Waals surface area contributed by atoms with Crippen LogP contribution < -0.4 is 0 Å². The molecule has 0 unspecified atom stereocenters. The second-order valence-electron chi connectivity index (χ2n) is 22.7. The number of pyridine rings is 4. The largest absolute Gasteiger partial charge is 0.417 e. The zero-order chi connectivity index (χ0) is 62.0. The standard InChI is InChI=1S/C81H49F5N6/c82-64-26-13-27-65(83)80(64)62-48-78(91-74-40-36-54(70-32-14-28-66(87-70)50-18-5-1-6-19-50)44-58(74)59-45-55(37-41-75(59)91)71-33-15-29-67(88-71)51-20-7-2-8-21-51)79(49-63(62)81(84,85)86)92-76-42-38-56(72-34-16-30-68(89-72)52-22-9-3-10-23-52)46-60(76)61-47-57(39-43-77(61)92)73-35-17-31-69(90-73)53-24-11-4-12-25-53/h1-49H. The SMILES string of the molecule is Fc1cccc(F)c1-c1cc(-n2c3ccc(-c4cccc(-c5ccccc5)n4)cc3c3cc(-c4cccc(-c5ccccc5)n4)ccc32)c(-n2c3ccc(-c4cccc(-c5ccccc5)n4)cc3c3cc(-c4cccc(-c5ccccc5)n4)ccc32)cc1C(F)(F)F. The van der Waals surface area contributed by atoms with Gasteiger partial charge in [-0.25, -0.2) is 28.7 Å². The van der Waals surface area contributed by atoms with Crippen LogP contribution in [0.4, 0.5) is 22.0 Å². The summed E-state index contributed by atoms with van der Waals surface area (Å²) in [7, 11) is 0. The van der Waals surface area contributed by atoms with E-state index in [1.165, 1.54) is 6.07 Å². The normalized spacial score (nSPS) is 11.8. The Kier molecular flexibility index (Phi) is 13.6. The number of hydrogen-bond acceptors (Lipinski definition) is 4. The van der Waals surface area contributed by atoms with Gasteiger partial charge >= 0.3 is 6.18 Å². The Morgan fingerprint density at radius 1 is 0.250 bits per heavy atom. The highest BCUT2D eigenvalue weighted by Gasteiger charge is 2.38. The fourth-order valence-electron chi connectivity index (χ4n) is 12.8. The number of hydrogen-bond donors (Lipinski definition) is 0. The molecule has 0 spiro atoms. The lowest BCUT2D eigenvalue weighted by Gasteiger charge is -2.22. The number of benzene rings is 10. The van der Waals surface area contributed by atoms with Crippen molar-refractivity contribution in [3.05, 3.63) is 314 Å². The molecule has 6 nitrogen and oxygen atoms in total. The van der Waals surface area contributed by atoms with Gasteiger partial charge in [0.15, 0.2) is 0 Å². The molecule has 0 aliphatic heterocycles. The minimum absolute atomic E-state index is 0.0909. The molecule has 0 bridgehead atoms. The highest BCUT2D eigenvalue weighted by Crippen LogP contribution is 2.48. The number of halogens is 5. The van der Waals surface area contributed by atoms with E-state index >= 15 is 22.0 Å². The Morgan fingerprint density at radius 3 is 0.793 bits per heavy atom. The van der Waals surface area contributed by atoms with Gasteiger partial charge in [-0.15, -0.1) is 0 Å². The van der Waals surface area contributed by atoms with Crippen LogP contribution in [0.15, 0.2) is 297 Å². The Morgan fingerprint density at radius 2 is 0.511 bits per heavy atom. The maximum atomic E-state index is 16.5. The van der Waals surface area contributed by atoms with Crippen molar-refractivity contribution in [3.8, 4) is 113 Å². The van der Waals surface area contributed by atoms with Crippen LogP contribution in [0.5, 0.6) is 0 Å². The van der Waals surface area contributed by atoms with Crippen LogP contribution >= 0.6 is 0 Å². The summed E-state index contributed by atoms with van der Waals surface area (Å²) in [5.74, 6) is -2.29. The molecule has 0 atom stereocenters. The van der Waals surface area contributed by atoms with E-state index < -0.39 is 34.5 Å². The van der Waals surface area contributed by atoms with Gasteiger partial charge in [0, 0.05) is 71.6 Å². The van der Waals surface area contributed by atoms with Crippen molar-refractivity contribution in [1.82, 2.24) is 29.1 Å². The molecule has 16 rings (SSSR count). The predicted octanol–water partition coefficient (Wildman–Crippen LogP) is 21.8. The summed E-state index contributed by atoms with van der Waals surface area (Å²) in [4.78, 5) is 20.6. The smallest absolute Gasteiger partial charge is 0.307 e. The van der Waals surface area contributed by atoms with Gasteiger partial charge in [0.25, 0.3) is 0 Å².